The monoisotopic (exact) mass is 647 g/mol. The number of benzene rings is 3. The van der Waals surface area contributed by atoms with E-state index in [-0.39, 0.29) is 35.2 Å². The number of nitrogens with zero attached hydrogens (tertiary/aromatic N) is 1. The van der Waals surface area contributed by atoms with Crippen molar-refractivity contribution in [1.82, 2.24) is 4.57 Å². The molecule has 0 radical (unpaired) electrons. The molecule has 46 heavy (non-hydrogen) atoms. The first kappa shape index (κ1) is 34.0. The van der Waals surface area contributed by atoms with Crippen molar-refractivity contribution in [2.24, 2.45) is 5.14 Å². The van der Waals surface area contributed by atoms with Gasteiger partial charge in [-0.3, -0.25) is 14.4 Å². The lowest BCUT2D eigenvalue weighted by atomic mass is 9.94. The molecule has 1 aromatic heterocycles. The van der Waals surface area contributed by atoms with Crippen molar-refractivity contribution in [1.29, 1.82) is 0 Å². The molecule has 0 aliphatic heterocycles. The third kappa shape index (κ3) is 8.02. The molecule has 3 aromatic carbocycles. The minimum atomic E-state index is -4.04. The Morgan fingerprint density at radius 2 is 1.61 bits per heavy atom. The highest BCUT2D eigenvalue weighted by molar-refractivity contribution is 7.89. The van der Waals surface area contributed by atoms with Crippen LogP contribution in [0.5, 0.6) is 0 Å². The number of carbonyl (C=O) groups excluding carboxylic acids is 3. The Hall–Kier alpha value is -4.91. The fourth-order valence-corrected chi connectivity index (χ4v) is 5.65. The zero-order chi connectivity index (χ0) is 33.6. The van der Waals surface area contributed by atoms with Crippen LogP contribution in [0.3, 0.4) is 0 Å². The van der Waals surface area contributed by atoms with E-state index in [9.17, 15) is 32.3 Å². The Bertz CT molecular complexity index is 1880. The Kier molecular flexibility index (Phi) is 10.7. The number of methoxy groups -OCH3 is 1. The Labute approximate surface area is 266 Å². The van der Waals surface area contributed by atoms with Crippen LogP contribution in [0, 0.1) is 5.82 Å². The number of ether oxygens (including phenoxy) is 1. The van der Waals surface area contributed by atoms with E-state index in [1.807, 2.05) is 32.0 Å². The summed E-state index contributed by atoms with van der Waals surface area (Å²) in [4.78, 5) is 38.5. The van der Waals surface area contributed by atoms with Gasteiger partial charge in [0.15, 0.2) is 5.78 Å². The highest BCUT2D eigenvalue weighted by atomic mass is 32.2. The molecule has 0 saturated carbocycles. The minimum Gasteiger partial charge on any atom is -0.469 e. The Morgan fingerprint density at radius 1 is 0.957 bits per heavy atom. The molecule has 0 bridgehead atoms. The molecule has 10 nitrogen and oxygen atoms in total. The molecule has 240 valence electrons. The molecule has 12 heteroatoms. The normalized spacial score (nSPS) is 12.3. The number of carbonyl (C=O) groups is 3. The Morgan fingerprint density at radius 3 is 2.22 bits per heavy atom. The summed E-state index contributed by atoms with van der Waals surface area (Å²) in [5.74, 6) is -2.19. The van der Waals surface area contributed by atoms with Crippen LogP contribution in [-0.2, 0) is 24.3 Å². The molecule has 1 atom stereocenters. The molecular formula is C34H34FN3O7S. The van der Waals surface area contributed by atoms with Crippen LogP contribution in [0.25, 0.3) is 28.3 Å². The molecule has 0 unspecified atom stereocenters. The van der Waals surface area contributed by atoms with Crippen LogP contribution in [0.2, 0.25) is 0 Å². The summed E-state index contributed by atoms with van der Waals surface area (Å²) in [5, 5.41) is 18.3. The number of aromatic nitrogens is 1. The van der Waals surface area contributed by atoms with Gasteiger partial charge in [0.25, 0.3) is 5.91 Å². The lowest BCUT2D eigenvalue weighted by Gasteiger charge is -2.17. The van der Waals surface area contributed by atoms with Gasteiger partial charge >= 0.3 is 5.97 Å². The highest BCUT2D eigenvalue weighted by Gasteiger charge is 2.30. The number of esters is 1. The molecule has 0 aliphatic rings. The van der Waals surface area contributed by atoms with Gasteiger partial charge in [-0.1, -0.05) is 48.5 Å². The molecule has 4 rings (SSSR count). The number of anilines is 1. The fourth-order valence-electron chi connectivity index (χ4n) is 5.09. The second-order valence-electron chi connectivity index (χ2n) is 10.8. The first-order chi connectivity index (χ1) is 21.8. The van der Waals surface area contributed by atoms with E-state index in [0.29, 0.717) is 27.9 Å². The van der Waals surface area contributed by atoms with Gasteiger partial charge in [0.05, 0.1) is 30.2 Å². The molecular weight excluding hydrogens is 613 g/mol. The SMILES string of the molecule is COC(=O)C[C@H](O)CC(=O)/C=C/c1c(-c2ccc(F)cc2)c(-c2ccccc2)c(C(=O)Nc2cccc(S(N)(=O)=O)c2)n1C(C)C. The summed E-state index contributed by atoms with van der Waals surface area (Å²) in [6.07, 6.45) is 0.824. The standard InChI is InChI=1S/C34H34FN3O7S/c1-21(2)38-29(17-16-26(39)19-27(40)20-30(41)45-3)31(23-12-14-24(35)15-13-23)32(22-8-5-4-6-9-22)33(38)34(42)37-25-10-7-11-28(18-25)46(36,43)44/h4-18,21,27,40H,19-20H2,1-3H3,(H,37,42)(H2,36,43,44)/b17-16+/t27-/m1/s1. The lowest BCUT2D eigenvalue weighted by molar-refractivity contribution is -0.143. The van der Waals surface area contributed by atoms with Gasteiger partial charge in [0.1, 0.15) is 11.5 Å². The third-order valence-corrected chi connectivity index (χ3v) is 8.00. The topological polar surface area (TPSA) is 158 Å². The number of rotatable bonds is 12. The number of allylic oxidation sites excluding steroid dienone is 1. The summed E-state index contributed by atoms with van der Waals surface area (Å²) < 4.78 is 44.3. The molecule has 1 heterocycles. The first-order valence-electron chi connectivity index (χ1n) is 14.3. The number of nitrogens with one attached hydrogen (secondary N) is 1. The number of aliphatic hydroxyl groups is 1. The van der Waals surface area contributed by atoms with Crippen molar-refractivity contribution in [3.05, 3.63) is 102 Å². The number of hydrogen-bond acceptors (Lipinski definition) is 7. The number of hydrogen-bond donors (Lipinski definition) is 3. The van der Waals surface area contributed by atoms with E-state index < -0.39 is 39.6 Å². The third-order valence-electron chi connectivity index (χ3n) is 7.08. The molecule has 4 N–H and O–H groups in total. The summed E-state index contributed by atoms with van der Waals surface area (Å²) in [6.45, 7) is 3.70. The van der Waals surface area contributed by atoms with Crippen LogP contribution >= 0.6 is 0 Å². The van der Waals surface area contributed by atoms with E-state index in [0.717, 1.165) is 0 Å². The van der Waals surface area contributed by atoms with Crippen LogP contribution in [0.15, 0.2) is 89.8 Å². The summed E-state index contributed by atoms with van der Waals surface area (Å²) in [7, 11) is -2.86. The average Bonchev–Trinajstić information content (AvgIpc) is 3.36. The predicted octanol–water partition coefficient (Wildman–Crippen LogP) is 5.34. The Balaban J connectivity index is 1.95. The molecule has 1 amide bonds. The zero-order valence-corrected chi connectivity index (χ0v) is 26.3. The van der Waals surface area contributed by atoms with Crippen LogP contribution in [0.1, 0.15) is 48.9 Å². The fraction of sp³-hybridized carbons (Fsp3) is 0.206. The number of ketones is 1. The first-order valence-corrected chi connectivity index (χ1v) is 15.8. The van der Waals surface area contributed by atoms with Gasteiger partial charge in [-0.15, -0.1) is 0 Å². The van der Waals surface area contributed by atoms with Crippen LogP contribution in [-0.4, -0.2) is 49.0 Å². The smallest absolute Gasteiger partial charge is 0.308 e. The predicted molar refractivity (Wildman–Crippen MR) is 173 cm³/mol. The largest absolute Gasteiger partial charge is 0.469 e. The second kappa shape index (κ2) is 14.5. The zero-order valence-electron chi connectivity index (χ0n) is 25.4. The maximum atomic E-state index is 14.2. The van der Waals surface area contributed by atoms with Crippen LogP contribution < -0.4 is 10.5 Å². The van der Waals surface area contributed by atoms with E-state index in [4.69, 9.17) is 5.14 Å². The molecule has 0 aliphatic carbocycles. The number of nitrogens with two attached hydrogens (primary N) is 1. The van der Waals surface area contributed by atoms with Gasteiger partial charge in [0, 0.05) is 29.3 Å². The molecule has 4 aromatic rings. The van der Waals surface area contributed by atoms with Crippen molar-refractivity contribution in [2.45, 2.75) is 43.7 Å². The number of amides is 1. The number of sulfonamides is 1. The highest BCUT2D eigenvalue weighted by Crippen LogP contribution is 2.43. The van der Waals surface area contributed by atoms with Gasteiger partial charge < -0.3 is 19.7 Å². The number of halogens is 1. The molecule has 0 saturated heterocycles. The number of aliphatic hydroxyl groups excluding tert-OH is 1. The molecule has 0 fully saturated rings. The summed E-state index contributed by atoms with van der Waals surface area (Å²) in [5.41, 5.74) is 3.05. The van der Waals surface area contributed by atoms with E-state index in [1.54, 1.807) is 28.8 Å². The quantitative estimate of drug-likeness (QED) is 0.138. The van der Waals surface area contributed by atoms with E-state index in [1.165, 1.54) is 55.7 Å². The second-order valence-corrected chi connectivity index (χ2v) is 12.3. The van der Waals surface area contributed by atoms with Crippen molar-refractivity contribution >= 4 is 39.4 Å². The van der Waals surface area contributed by atoms with Gasteiger partial charge in [-0.05, 0) is 67.5 Å². The van der Waals surface area contributed by atoms with Crippen LogP contribution in [0.4, 0.5) is 10.1 Å². The van der Waals surface area contributed by atoms with Crippen molar-refractivity contribution in [2.75, 3.05) is 12.4 Å². The number of primary sulfonamides is 1. The maximum Gasteiger partial charge on any atom is 0.308 e. The van der Waals surface area contributed by atoms with Crippen molar-refractivity contribution < 1.29 is 37.0 Å². The van der Waals surface area contributed by atoms with Gasteiger partial charge in [0.2, 0.25) is 10.0 Å². The average molecular weight is 648 g/mol. The maximum absolute atomic E-state index is 14.2. The van der Waals surface area contributed by atoms with Gasteiger partial charge in [-0.25, -0.2) is 17.9 Å². The van der Waals surface area contributed by atoms with E-state index in [2.05, 4.69) is 10.1 Å². The lowest BCUT2D eigenvalue weighted by Crippen LogP contribution is -2.20. The van der Waals surface area contributed by atoms with Crippen molar-refractivity contribution in [3.8, 4) is 22.3 Å². The van der Waals surface area contributed by atoms with Gasteiger partial charge in [-0.2, -0.15) is 0 Å². The van der Waals surface area contributed by atoms with E-state index >= 15 is 0 Å². The molecule has 0 spiro atoms. The van der Waals surface area contributed by atoms with Crippen molar-refractivity contribution in [3.63, 3.8) is 0 Å². The summed E-state index contributed by atoms with van der Waals surface area (Å²) in [6, 6.07) is 19.9. The summed E-state index contributed by atoms with van der Waals surface area (Å²) >= 11 is 0. The minimum absolute atomic E-state index is 0.183.